The highest BCUT2D eigenvalue weighted by Gasteiger charge is 2.56. The number of ether oxygens (including phenoxy) is 1. The Labute approximate surface area is 172 Å². The Hall–Kier alpha value is -2.82. The minimum Gasteiger partial charge on any atom is -0.465 e. The number of unbranched alkanes of at least 4 members (excludes halogenated alkanes) is 1. The van der Waals surface area contributed by atoms with Gasteiger partial charge in [-0.2, -0.15) is 0 Å². The molecule has 0 N–H and O–H groups in total. The van der Waals surface area contributed by atoms with Crippen LogP contribution in [0.3, 0.4) is 0 Å². The fraction of sp³-hybridized carbons (Fsp3) is 0.417. The van der Waals surface area contributed by atoms with Crippen molar-refractivity contribution < 1.29 is 14.3 Å². The summed E-state index contributed by atoms with van der Waals surface area (Å²) in [5, 5.41) is 0. The summed E-state index contributed by atoms with van der Waals surface area (Å²) in [6.07, 6.45) is 4.33. The van der Waals surface area contributed by atoms with Crippen molar-refractivity contribution in [3.05, 3.63) is 59.2 Å². The molecule has 2 aromatic carbocycles. The molecule has 0 radical (unpaired) electrons. The number of carbonyl (C=O) groups excluding carboxylic acids is 2. The largest absolute Gasteiger partial charge is 0.465 e. The smallest absolute Gasteiger partial charge is 0.337 e. The zero-order chi connectivity index (χ0) is 20.6. The van der Waals surface area contributed by atoms with E-state index in [2.05, 4.69) is 43.0 Å². The standard InChI is InChI=1S/C24H28N2O3/c1-4-6-15-25-20-12-9-18(23(28)29-3)16-21(20)26-22(27)13-14-24(25,26)19-10-7-17(5-2)8-11-19/h7-12,16H,4-6,13-15H2,1-3H3. The average Bonchev–Trinajstić information content (AvgIpc) is 3.25. The number of fused-ring (bicyclic) bond motifs is 3. The number of nitrogens with zero attached hydrogens (tertiary/aromatic N) is 2. The van der Waals surface area contributed by atoms with Crippen LogP contribution in [0.4, 0.5) is 11.4 Å². The van der Waals surface area contributed by atoms with Gasteiger partial charge in [0.25, 0.3) is 0 Å². The monoisotopic (exact) mass is 392 g/mol. The number of amides is 1. The van der Waals surface area contributed by atoms with Gasteiger partial charge in [0.1, 0.15) is 5.66 Å². The Balaban J connectivity index is 1.89. The molecule has 152 valence electrons. The molecule has 29 heavy (non-hydrogen) atoms. The first-order valence-corrected chi connectivity index (χ1v) is 10.5. The van der Waals surface area contributed by atoms with Crippen molar-refractivity contribution in [1.82, 2.24) is 0 Å². The number of aryl methyl sites for hydroxylation is 1. The van der Waals surface area contributed by atoms with Gasteiger partial charge < -0.3 is 9.64 Å². The molecule has 5 nitrogen and oxygen atoms in total. The number of esters is 1. The molecule has 0 spiro atoms. The molecule has 2 aliphatic heterocycles. The lowest BCUT2D eigenvalue weighted by molar-refractivity contribution is -0.117. The molecule has 4 rings (SSSR count). The topological polar surface area (TPSA) is 49.9 Å². The Morgan fingerprint density at radius 3 is 2.52 bits per heavy atom. The molecule has 2 aliphatic rings. The minimum atomic E-state index is -0.518. The maximum Gasteiger partial charge on any atom is 0.337 e. The first kappa shape index (κ1) is 19.5. The van der Waals surface area contributed by atoms with Crippen molar-refractivity contribution in [3.8, 4) is 0 Å². The van der Waals surface area contributed by atoms with E-state index in [1.807, 2.05) is 17.0 Å². The maximum atomic E-state index is 13.1. The minimum absolute atomic E-state index is 0.104. The number of hydrogen-bond acceptors (Lipinski definition) is 4. The number of benzene rings is 2. The van der Waals surface area contributed by atoms with Crippen molar-refractivity contribution >= 4 is 23.3 Å². The molecule has 2 aromatic rings. The third kappa shape index (κ3) is 2.91. The molecule has 1 amide bonds. The van der Waals surface area contributed by atoms with E-state index < -0.39 is 5.66 Å². The Bertz CT molecular complexity index is 938. The normalized spacial score (nSPS) is 20.0. The van der Waals surface area contributed by atoms with Gasteiger partial charge in [-0.3, -0.25) is 9.69 Å². The number of rotatable bonds is 6. The van der Waals surface area contributed by atoms with Crippen molar-refractivity contribution in [2.45, 2.75) is 51.6 Å². The van der Waals surface area contributed by atoms with Crippen LogP contribution in [-0.4, -0.2) is 25.5 Å². The van der Waals surface area contributed by atoms with Crippen molar-refractivity contribution in [2.24, 2.45) is 0 Å². The first-order valence-electron chi connectivity index (χ1n) is 10.5. The molecular formula is C24H28N2O3. The molecule has 5 heteroatoms. The number of methoxy groups -OCH3 is 1. The molecule has 2 heterocycles. The van der Waals surface area contributed by atoms with Crippen LogP contribution in [-0.2, 0) is 21.6 Å². The summed E-state index contributed by atoms with van der Waals surface area (Å²) in [4.78, 5) is 29.5. The highest BCUT2D eigenvalue weighted by atomic mass is 16.5. The maximum absolute atomic E-state index is 13.1. The van der Waals surface area contributed by atoms with Crippen LogP contribution in [0, 0.1) is 0 Å². The quantitative estimate of drug-likeness (QED) is 0.672. The third-order valence-corrected chi connectivity index (χ3v) is 6.24. The molecule has 1 fully saturated rings. The molecule has 1 saturated heterocycles. The van der Waals surface area contributed by atoms with Gasteiger partial charge in [0.15, 0.2) is 0 Å². The highest BCUT2D eigenvalue weighted by Crippen LogP contribution is 2.56. The average molecular weight is 392 g/mol. The van der Waals surface area contributed by atoms with Crippen molar-refractivity contribution in [2.75, 3.05) is 23.5 Å². The van der Waals surface area contributed by atoms with E-state index in [4.69, 9.17) is 4.74 Å². The summed E-state index contributed by atoms with van der Waals surface area (Å²) in [6.45, 7) is 5.18. The van der Waals surface area contributed by atoms with E-state index in [1.165, 1.54) is 12.7 Å². The zero-order valence-corrected chi connectivity index (χ0v) is 17.4. The lowest BCUT2D eigenvalue weighted by Crippen LogP contribution is -2.52. The van der Waals surface area contributed by atoms with E-state index in [0.29, 0.717) is 12.0 Å². The van der Waals surface area contributed by atoms with Crippen LogP contribution < -0.4 is 9.80 Å². The third-order valence-electron chi connectivity index (χ3n) is 6.24. The van der Waals surface area contributed by atoms with Crippen LogP contribution in [0.25, 0.3) is 0 Å². The summed E-state index contributed by atoms with van der Waals surface area (Å²) in [5.41, 5.74) is 4.19. The summed E-state index contributed by atoms with van der Waals surface area (Å²) >= 11 is 0. The number of hydrogen-bond donors (Lipinski definition) is 0. The summed E-state index contributed by atoms with van der Waals surface area (Å²) in [5.74, 6) is -0.281. The van der Waals surface area contributed by atoms with Crippen molar-refractivity contribution in [3.63, 3.8) is 0 Å². The molecule has 0 aromatic heterocycles. The predicted octanol–water partition coefficient (Wildman–Crippen LogP) is 4.64. The molecule has 0 saturated carbocycles. The van der Waals surface area contributed by atoms with Gasteiger partial charge >= 0.3 is 5.97 Å². The predicted molar refractivity (Wildman–Crippen MR) is 114 cm³/mol. The molecule has 0 bridgehead atoms. The van der Waals surface area contributed by atoms with Gasteiger partial charge in [-0.05, 0) is 42.2 Å². The second kappa shape index (κ2) is 7.54. The van der Waals surface area contributed by atoms with Gasteiger partial charge in [0.2, 0.25) is 5.91 Å². The Morgan fingerprint density at radius 1 is 1.10 bits per heavy atom. The fourth-order valence-corrected chi connectivity index (χ4v) is 4.73. The van der Waals surface area contributed by atoms with Crippen molar-refractivity contribution in [1.29, 1.82) is 0 Å². The van der Waals surface area contributed by atoms with E-state index in [0.717, 1.165) is 49.2 Å². The van der Waals surface area contributed by atoms with Gasteiger partial charge in [-0.1, -0.05) is 44.5 Å². The van der Waals surface area contributed by atoms with E-state index >= 15 is 0 Å². The van der Waals surface area contributed by atoms with Crippen LogP contribution >= 0.6 is 0 Å². The lowest BCUT2D eigenvalue weighted by Gasteiger charge is -2.41. The molecule has 0 aliphatic carbocycles. The summed E-state index contributed by atoms with van der Waals surface area (Å²) in [6, 6.07) is 14.2. The molecular weight excluding hydrogens is 364 g/mol. The fourth-order valence-electron chi connectivity index (χ4n) is 4.73. The van der Waals surface area contributed by atoms with Gasteiger partial charge in [-0.15, -0.1) is 0 Å². The molecule has 1 unspecified atom stereocenters. The van der Waals surface area contributed by atoms with Crippen LogP contribution in [0.2, 0.25) is 0 Å². The van der Waals surface area contributed by atoms with Gasteiger partial charge in [0.05, 0.1) is 24.0 Å². The lowest BCUT2D eigenvalue weighted by atomic mass is 9.93. The number of anilines is 2. The van der Waals surface area contributed by atoms with Crippen LogP contribution in [0.1, 0.15) is 61.0 Å². The van der Waals surface area contributed by atoms with Gasteiger partial charge in [0, 0.05) is 19.4 Å². The van der Waals surface area contributed by atoms with Gasteiger partial charge in [-0.25, -0.2) is 4.79 Å². The zero-order valence-electron chi connectivity index (χ0n) is 17.4. The summed E-state index contributed by atoms with van der Waals surface area (Å²) < 4.78 is 4.91. The molecule has 1 atom stereocenters. The summed E-state index contributed by atoms with van der Waals surface area (Å²) in [7, 11) is 1.38. The second-order valence-corrected chi connectivity index (χ2v) is 7.80. The second-order valence-electron chi connectivity index (χ2n) is 7.80. The van der Waals surface area contributed by atoms with E-state index in [9.17, 15) is 9.59 Å². The van der Waals surface area contributed by atoms with E-state index in [1.54, 1.807) is 6.07 Å². The SMILES string of the molecule is CCCCN1c2ccc(C(=O)OC)cc2N2C(=O)CCC12c1ccc(CC)cc1. The van der Waals surface area contributed by atoms with Crippen LogP contribution in [0.15, 0.2) is 42.5 Å². The van der Waals surface area contributed by atoms with Crippen LogP contribution in [0.5, 0.6) is 0 Å². The highest BCUT2D eigenvalue weighted by molar-refractivity contribution is 6.06. The Morgan fingerprint density at radius 2 is 1.86 bits per heavy atom. The first-order chi connectivity index (χ1) is 14.1. The Kier molecular flexibility index (Phi) is 5.07. The number of carbonyl (C=O) groups is 2. The van der Waals surface area contributed by atoms with E-state index in [-0.39, 0.29) is 11.9 Å².